The van der Waals surface area contributed by atoms with Crippen LogP contribution < -0.4 is 0 Å². The SMILES string of the molecule is CC(C)N(CCO)CC1CCN(C)CC1. The van der Waals surface area contributed by atoms with Crippen molar-refractivity contribution in [3.8, 4) is 0 Å². The van der Waals surface area contributed by atoms with Gasteiger partial charge in [-0.05, 0) is 52.7 Å². The molecule has 15 heavy (non-hydrogen) atoms. The van der Waals surface area contributed by atoms with Crippen molar-refractivity contribution in [3.63, 3.8) is 0 Å². The lowest BCUT2D eigenvalue weighted by atomic mass is 9.96. The van der Waals surface area contributed by atoms with Gasteiger partial charge in [0.15, 0.2) is 0 Å². The Labute approximate surface area is 94.1 Å². The molecular weight excluding hydrogens is 188 g/mol. The van der Waals surface area contributed by atoms with E-state index in [0.717, 1.165) is 19.0 Å². The molecule has 1 heterocycles. The largest absolute Gasteiger partial charge is 0.395 e. The van der Waals surface area contributed by atoms with Crippen LogP contribution in [0.25, 0.3) is 0 Å². The minimum Gasteiger partial charge on any atom is -0.395 e. The van der Waals surface area contributed by atoms with Crippen LogP contribution in [0.5, 0.6) is 0 Å². The number of aliphatic hydroxyl groups excluding tert-OH is 1. The third kappa shape index (κ3) is 4.49. The van der Waals surface area contributed by atoms with Crippen LogP contribution in [0.15, 0.2) is 0 Å². The maximum Gasteiger partial charge on any atom is 0.0558 e. The summed E-state index contributed by atoms with van der Waals surface area (Å²) in [6.45, 7) is 9.15. The summed E-state index contributed by atoms with van der Waals surface area (Å²) in [6.07, 6.45) is 2.62. The first-order chi connectivity index (χ1) is 7.13. The number of nitrogens with zero attached hydrogens (tertiary/aromatic N) is 2. The van der Waals surface area contributed by atoms with Crippen LogP contribution in [0, 0.1) is 5.92 Å². The molecule has 1 rings (SSSR count). The monoisotopic (exact) mass is 214 g/mol. The molecule has 0 spiro atoms. The molecule has 1 fully saturated rings. The number of hydrogen-bond acceptors (Lipinski definition) is 3. The fraction of sp³-hybridized carbons (Fsp3) is 1.00. The molecule has 1 saturated heterocycles. The molecule has 0 aromatic rings. The van der Waals surface area contributed by atoms with Crippen LogP contribution in [-0.2, 0) is 0 Å². The lowest BCUT2D eigenvalue weighted by molar-refractivity contribution is 0.117. The quantitative estimate of drug-likeness (QED) is 0.740. The fourth-order valence-electron chi connectivity index (χ4n) is 2.27. The second-order valence-corrected chi connectivity index (χ2v) is 5.06. The molecular formula is C12H26N2O. The molecule has 0 radical (unpaired) electrons. The van der Waals surface area contributed by atoms with Gasteiger partial charge >= 0.3 is 0 Å². The molecule has 0 unspecified atom stereocenters. The highest BCUT2D eigenvalue weighted by Gasteiger charge is 2.20. The third-order valence-corrected chi connectivity index (χ3v) is 3.45. The predicted octanol–water partition coefficient (Wildman–Crippen LogP) is 1.03. The van der Waals surface area contributed by atoms with Gasteiger partial charge in [-0.2, -0.15) is 0 Å². The van der Waals surface area contributed by atoms with Gasteiger partial charge in [-0.25, -0.2) is 0 Å². The Morgan fingerprint density at radius 3 is 2.40 bits per heavy atom. The van der Waals surface area contributed by atoms with Gasteiger partial charge < -0.3 is 10.0 Å². The van der Waals surface area contributed by atoms with Crippen molar-refractivity contribution >= 4 is 0 Å². The lowest BCUT2D eigenvalue weighted by Gasteiger charge is -2.34. The molecule has 0 saturated carbocycles. The van der Waals surface area contributed by atoms with Crippen molar-refractivity contribution in [2.75, 3.05) is 39.8 Å². The van der Waals surface area contributed by atoms with Crippen LogP contribution >= 0.6 is 0 Å². The van der Waals surface area contributed by atoms with E-state index in [9.17, 15) is 0 Å². The van der Waals surface area contributed by atoms with Crippen LogP contribution in [-0.4, -0.2) is 60.8 Å². The Morgan fingerprint density at radius 2 is 1.93 bits per heavy atom. The second-order valence-electron chi connectivity index (χ2n) is 5.06. The van der Waals surface area contributed by atoms with E-state index >= 15 is 0 Å². The van der Waals surface area contributed by atoms with E-state index in [1.54, 1.807) is 0 Å². The summed E-state index contributed by atoms with van der Waals surface area (Å²) in [4.78, 5) is 4.80. The summed E-state index contributed by atoms with van der Waals surface area (Å²) in [7, 11) is 2.20. The summed E-state index contributed by atoms with van der Waals surface area (Å²) >= 11 is 0. The van der Waals surface area contributed by atoms with E-state index in [1.165, 1.54) is 25.9 Å². The zero-order chi connectivity index (χ0) is 11.3. The number of aliphatic hydroxyl groups is 1. The van der Waals surface area contributed by atoms with Crippen molar-refractivity contribution in [2.24, 2.45) is 5.92 Å². The van der Waals surface area contributed by atoms with Gasteiger partial charge in [0.05, 0.1) is 6.61 Å². The predicted molar refractivity (Wildman–Crippen MR) is 64.0 cm³/mol. The minimum absolute atomic E-state index is 0.283. The highest BCUT2D eigenvalue weighted by atomic mass is 16.3. The molecule has 0 aromatic carbocycles. The first kappa shape index (κ1) is 12.9. The highest BCUT2D eigenvalue weighted by Crippen LogP contribution is 2.18. The summed E-state index contributed by atoms with van der Waals surface area (Å²) in [5.41, 5.74) is 0. The lowest BCUT2D eigenvalue weighted by Crippen LogP contribution is -2.41. The van der Waals surface area contributed by atoms with E-state index in [1.807, 2.05) is 0 Å². The van der Waals surface area contributed by atoms with E-state index in [2.05, 4.69) is 30.7 Å². The summed E-state index contributed by atoms with van der Waals surface area (Å²) in [5.74, 6) is 0.829. The average Bonchev–Trinajstić information content (AvgIpc) is 2.20. The zero-order valence-electron chi connectivity index (χ0n) is 10.4. The molecule has 0 amide bonds. The molecule has 3 nitrogen and oxygen atoms in total. The molecule has 90 valence electrons. The Kier molecular flexibility index (Phi) is 5.58. The Hall–Kier alpha value is -0.120. The smallest absolute Gasteiger partial charge is 0.0558 e. The number of likely N-dealkylation sites (tertiary alicyclic amines) is 1. The topological polar surface area (TPSA) is 26.7 Å². The van der Waals surface area contributed by atoms with Crippen molar-refractivity contribution in [3.05, 3.63) is 0 Å². The molecule has 1 aliphatic rings. The van der Waals surface area contributed by atoms with Crippen LogP contribution in [0.2, 0.25) is 0 Å². The zero-order valence-corrected chi connectivity index (χ0v) is 10.4. The Morgan fingerprint density at radius 1 is 1.33 bits per heavy atom. The van der Waals surface area contributed by atoms with E-state index in [4.69, 9.17) is 5.11 Å². The first-order valence-corrected chi connectivity index (χ1v) is 6.17. The van der Waals surface area contributed by atoms with Gasteiger partial charge in [-0.15, -0.1) is 0 Å². The van der Waals surface area contributed by atoms with Gasteiger partial charge in [0, 0.05) is 19.1 Å². The molecule has 1 N–H and O–H groups in total. The standard InChI is InChI=1S/C12H26N2O/c1-11(2)14(8-9-15)10-12-4-6-13(3)7-5-12/h11-12,15H,4-10H2,1-3H3. The molecule has 3 heteroatoms. The summed E-state index contributed by atoms with van der Waals surface area (Å²) in [6, 6.07) is 0.553. The minimum atomic E-state index is 0.283. The third-order valence-electron chi connectivity index (χ3n) is 3.45. The van der Waals surface area contributed by atoms with E-state index < -0.39 is 0 Å². The maximum absolute atomic E-state index is 9.01. The van der Waals surface area contributed by atoms with Crippen molar-refractivity contribution in [2.45, 2.75) is 32.7 Å². The molecule has 0 aliphatic carbocycles. The van der Waals surface area contributed by atoms with Crippen LogP contribution in [0.4, 0.5) is 0 Å². The van der Waals surface area contributed by atoms with Crippen molar-refractivity contribution < 1.29 is 5.11 Å². The van der Waals surface area contributed by atoms with Gasteiger partial charge in [-0.3, -0.25) is 4.90 Å². The number of piperidine rings is 1. The van der Waals surface area contributed by atoms with Gasteiger partial charge in [0.25, 0.3) is 0 Å². The average molecular weight is 214 g/mol. The normalized spacial score (nSPS) is 20.4. The number of rotatable bonds is 5. The molecule has 1 aliphatic heterocycles. The van der Waals surface area contributed by atoms with E-state index in [-0.39, 0.29) is 6.61 Å². The molecule has 0 atom stereocenters. The first-order valence-electron chi connectivity index (χ1n) is 6.17. The molecule has 0 bridgehead atoms. The maximum atomic E-state index is 9.01. The number of hydrogen-bond donors (Lipinski definition) is 1. The Balaban J connectivity index is 2.31. The van der Waals surface area contributed by atoms with Crippen LogP contribution in [0.1, 0.15) is 26.7 Å². The van der Waals surface area contributed by atoms with Gasteiger partial charge in [-0.1, -0.05) is 0 Å². The van der Waals surface area contributed by atoms with Gasteiger partial charge in [0.2, 0.25) is 0 Å². The van der Waals surface area contributed by atoms with Crippen molar-refractivity contribution in [1.29, 1.82) is 0 Å². The van der Waals surface area contributed by atoms with Crippen LogP contribution in [0.3, 0.4) is 0 Å². The Bertz CT molecular complexity index is 165. The van der Waals surface area contributed by atoms with E-state index in [0.29, 0.717) is 6.04 Å². The summed E-state index contributed by atoms with van der Waals surface area (Å²) in [5, 5.41) is 9.01. The molecule has 0 aromatic heterocycles. The van der Waals surface area contributed by atoms with Gasteiger partial charge in [0.1, 0.15) is 0 Å². The highest BCUT2D eigenvalue weighted by molar-refractivity contribution is 4.74. The second kappa shape index (κ2) is 6.46. The fourth-order valence-corrected chi connectivity index (χ4v) is 2.27. The summed E-state index contributed by atoms with van der Waals surface area (Å²) < 4.78 is 0. The van der Waals surface area contributed by atoms with Crippen molar-refractivity contribution in [1.82, 2.24) is 9.80 Å².